The summed E-state index contributed by atoms with van der Waals surface area (Å²) in [6, 6.07) is 0. The first-order valence-corrected chi connectivity index (χ1v) is 7.75. The van der Waals surface area contributed by atoms with Crippen LogP contribution in [-0.2, 0) is 13.0 Å². The first kappa shape index (κ1) is 15.0. The van der Waals surface area contributed by atoms with Crippen molar-refractivity contribution in [3.05, 3.63) is 16.4 Å². The number of halogens is 2. The van der Waals surface area contributed by atoms with Gasteiger partial charge in [-0.15, -0.1) is 0 Å². The monoisotopic (exact) mass is 320 g/mol. The standard InChI is InChI=1S/C13H22BrClN2/c1-4-7-11(14)8-6-9-12-13(15)10(3)16-17(12)5-2/h11H,4-9H2,1-3H3. The van der Waals surface area contributed by atoms with Gasteiger partial charge in [-0.05, 0) is 39.5 Å². The molecule has 1 aromatic heterocycles. The lowest BCUT2D eigenvalue weighted by Gasteiger charge is -2.09. The molecule has 0 aliphatic carbocycles. The quantitative estimate of drug-likeness (QED) is 0.663. The van der Waals surface area contributed by atoms with Crippen LogP contribution in [0.25, 0.3) is 0 Å². The lowest BCUT2D eigenvalue weighted by molar-refractivity contribution is 0.588. The molecule has 0 aromatic carbocycles. The largest absolute Gasteiger partial charge is 0.268 e. The highest BCUT2D eigenvalue weighted by molar-refractivity contribution is 9.09. The summed E-state index contributed by atoms with van der Waals surface area (Å²) in [5, 5.41) is 5.29. The molecule has 2 nitrogen and oxygen atoms in total. The van der Waals surface area contributed by atoms with E-state index in [-0.39, 0.29) is 0 Å². The number of aromatic nitrogens is 2. The van der Waals surface area contributed by atoms with Gasteiger partial charge in [0.15, 0.2) is 0 Å². The maximum absolute atomic E-state index is 6.27. The second-order valence-electron chi connectivity index (χ2n) is 4.44. The highest BCUT2D eigenvalue weighted by Gasteiger charge is 2.12. The average Bonchev–Trinajstić information content (AvgIpc) is 2.57. The zero-order valence-corrected chi connectivity index (χ0v) is 13.3. The van der Waals surface area contributed by atoms with Crippen molar-refractivity contribution in [1.29, 1.82) is 0 Å². The summed E-state index contributed by atoms with van der Waals surface area (Å²) in [5.74, 6) is 0. The van der Waals surface area contributed by atoms with Crippen LogP contribution in [0.1, 0.15) is 50.9 Å². The average molecular weight is 322 g/mol. The molecule has 1 heterocycles. The van der Waals surface area contributed by atoms with Crippen molar-refractivity contribution in [2.24, 2.45) is 0 Å². The van der Waals surface area contributed by atoms with E-state index in [1.807, 2.05) is 11.6 Å². The minimum Gasteiger partial charge on any atom is -0.268 e. The van der Waals surface area contributed by atoms with E-state index < -0.39 is 0 Å². The van der Waals surface area contributed by atoms with E-state index in [9.17, 15) is 0 Å². The topological polar surface area (TPSA) is 17.8 Å². The van der Waals surface area contributed by atoms with Gasteiger partial charge in [0.25, 0.3) is 0 Å². The number of aryl methyl sites for hydroxylation is 2. The molecule has 1 rings (SSSR count). The molecular weight excluding hydrogens is 300 g/mol. The molecule has 0 saturated heterocycles. The molecule has 98 valence electrons. The van der Waals surface area contributed by atoms with Gasteiger partial charge in [-0.2, -0.15) is 5.10 Å². The van der Waals surface area contributed by atoms with E-state index in [1.165, 1.54) is 31.4 Å². The van der Waals surface area contributed by atoms with Gasteiger partial charge in [0, 0.05) is 11.4 Å². The normalized spacial score (nSPS) is 13.0. The summed E-state index contributed by atoms with van der Waals surface area (Å²) in [5.41, 5.74) is 2.15. The SMILES string of the molecule is CCCC(Br)CCCc1c(Cl)c(C)nn1CC. The van der Waals surface area contributed by atoms with Crippen LogP contribution in [-0.4, -0.2) is 14.6 Å². The molecule has 0 amide bonds. The van der Waals surface area contributed by atoms with E-state index in [1.54, 1.807) is 0 Å². The Kier molecular flexibility index (Phi) is 6.57. The summed E-state index contributed by atoms with van der Waals surface area (Å²) in [6.45, 7) is 7.20. The molecule has 1 atom stereocenters. The lowest BCUT2D eigenvalue weighted by Crippen LogP contribution is -2.04. The van der Waals surface area contributed by atoms with Crippen LogP contribution in [0.3, 0.4) is 0 Å². The molecule has 1 aromatic rings. The van der Waals surface area contributed by atoms with Gasteiger partial charge in [-0.25, -0.2) is 0 Å². The third-order valence-electron chi connectivity index (χ3n) is 2.99. The predicted molar refractivity (Wildman–Crippen MR) is 78.2 cm³/mol. The molecule has 1 unspecified atom stereocenters. The smallest absolute Gasteiger partial charge is 0.0847 e. The predicted octanol–water partition coefficient (Wildman–Crippen LogP) is 4.75. The zero-order valence-electron chi connectivity index (χ0n) is 11.0. The van der Waals surface area contributed by atoms with Crippen LogP contribution < -0.4 is 0 Å². The van der Waals surface area contributed by atoms with Gasteiger partial charge < -0.3 is 0 Å². The van der Waals surface area contributed by atoms with E-state index in [0.717, 1.165) is 23.7 Å². The molecular formula is C13H22BrClN2. The lowest BCUT2D eigenvalue weighted by atomic mass is 10.1. The number of rotatable bonds is 7. The van der Waals surface area contributed by atoms with Gasteiger partial charge in [0.1, 0.15) is 0 Å². The second kappa shape index (κ2) is 7.42. The number of nitrogens with zero attached hydrogens (tertiary/aromatic N) is 2. The maximum atomic E-state index is 6.27. The second-order valence-corrected chi connectivity index (χ2v) is 6.11. The van der Waals surface area contributed by atoms with E-state index in [4.69, 9.17) is 11.6 Å². The summed E-state index contributed by atoms with van der Waals surface area (Å²) in [6.07, 6.45) is 5.89. The van der Waals surface area contributed by atoms with E-state index in [2.05, 4.69) is 34.9 Å². The van der Waals surface area contributed by atoms with Crippen molar-refractivity contribution in [3.63, 3.8) is 0 Å². The Morgan fingerprint density at radius 1 is 1.35 bits per heavy atom. The Hall–Kier alpha value is -0.0200. The van der Waals surface area contributed by atoms with Gasteiger partial charge in [0.2, 0.25) is 0 Å². The van der Waals surface area contributed by atoms with E-state index >= 15 is 0 Å². The Morgan fingerprint density at radius 3 is 2.65 bits per heavy atom. The highest BCUT2D eigenvalue weighted by atomic mass is 79.9. The highest BCUT2D eigenvalue weighted by Crippen LogP contribution is 2.23. The van der Waals surface area contributed by atoms with Crippen molar-refractivity contribution >= 4 is 27.5 Å². The fraction of sp³-hybridized carbons (Fsp3) is 0.769. The van der Waals surface area contributed by atoms with Gasteiger partial charge >= 0.3 is 0 Å². The molecule has 0 aliphatic rings. The third-order valence-corrected chi connectivity index (χ3v) is 4.39. The van der Waals surface area contributed by atoms with Crippen molar-refractivity contribution in [2.45, 2.75) is 64.2 Å². The van der Waals surface area contributed by atoms with Crippen molar-refractivity contribution in [2.75, 3.05) is 0 Å². The van der Waals surface area contributed by atoms with Crippen molar-refractivity contribution in [1.82, 2.24) is 9.78 Å². The Morgan fingerprint density at radius 2 is 2.06 bits per heavy atom. The number of hydrogen-bond donors (Lipinski definition) is 0. The van der Waals surface area contributed by atoms with Gasteiger partial charge in [-0.3, -0.25) is 4.68 Å². The van der Waals surface area contributed by atoms with Crippen LogP contribution >= 0.6 is 27.5 Å². The van der Waals surface area contributed by atoms with Gasteiger partial charge in [-0.1, -0.05) is 40.9 Å². The molecule has 0 aliphatic heterocycles. The van der Waals surface area contributed by atoms with Crippen LogP contribution in [0.4, 0.5) is 0 Å². The summed E-state index contributed by atoms with van der Waals surface area (Å²) < 4.78 is 2.03. The van der Waals surface area contributed by atoms with Crippen LogP contribution in [0.5, 0.6) is 0 Å². The molecule has 0 N–H and O–H groups in total. The molecule has 17 heavy (non-hydrogen) atoms. The first-order valence-electron chi connectivity index (χ1n) is 6.45. The summed E-state index contributed by atoms with van der Waals surface area (Å²) in [4.78, 5) is 0.644. The summed E-state index contributed by atoms with van der Waals surface area (Å²) >= 11 is 9.99. The Labute approximate surface area is 118 Å². The van der Waals surface area contributed by atoms with Crippen molar-refractivity contribution < 1.29 is 0 Å². The molecule has 0 bridgehead atoms. The Bertz CT molecular complexity index is 349. The van der Waals surface area contributed by atoms with E-state index in [0.29, 0.717) is 4.83 Å². The maximum Gasteiger partial charge on any atom is 0.0847 e. The third kappa shape index (κ3) is 4.29. The van der Waals surface area contributed by atoms with Crippen LogP contribution in [0.2, 0.25) is 5.02 Å². The van der Waals surface area contributed by atoms with Crippen LogP contribution in [0, 0.1) is 6.92 Å². The fourth-order valence-electron chi connectivity index (χ4n) is 2.06. The van der Waals surface area contributed by atoms with Crippen LogP contribution in [0.15, 0.2) is 0 Å². The zero-order chi connectivity index (χ0) is 12.8. The first-order chi connectivity index (χ1) is 8.10. The Balaban J connectivity index is 2.51. The number of hydrogen-bond acceptors (Lipinski definition) is 1. The molecule has 4 heteroatoms. The molecule has 0 spiro atoms. The molecule has 0 fully saturated rings. The van der Waals surface area contributed by atoms with Crippen molar-refractivity contribution in [3.8, 4) is 0 Å². The molecule has 0 saturated carbocycles. The fourth-order valence-corrected chi connectivity index (χ4v) is 3.07. The number of alkyl halides is 1. The minimum atomic E-state index is 0.644. The minimum absolute atomic E-state index is 0.644. The molecule has 0 radical (unpaired) electrons. The summed E-state index contributed by atoms with van der Waals surface area (Å²) in [7, 11) is 0. The van der Waals surface area contributed by atoms with Gasteiger partial charge in [0.05, 0.1) is 16.4 Å².